The number of Topliss-reactive ketones (excluding diaryl/α,β-unsaturated/α-hetero) is 1. The van der Waals surface area contributed by atoms with Crippen molar-refractivity contribution in [2.75, 3.05) is 0 Å². The van der Waals surface area contributed by atoms with Crippen LogP contribution in [0.5, 0.6) is 0 Å². The normalized spacial score (nSPS) is 14.2. The van der Waals surface area contributed by atoms with E-state index in [1.807, 2.05) is 0 Å². The van der Waals surface area contributed by atoms with Crippen molar-refractivity contribution in [3.8, 4) is 0 Å². The van der Waals surface area contributed by atoms with Crippen molar-refractivity contribution in [2.24, 2.45) is 0 Å². The zero-order valence-electron chi connectivity index (χ0n) is 27.3. The molecule has 0 fully saturated rings. The Morgan fingerprint density at radius 2 is 0.538 bits per heavy atom. The number of carbonyl (C=O) groups is 1. The Labute approximate surface area is 244 Å². The molecule has 0 aromatic heterocycles. The fourth-order valence-electron chi connectivity index (χ4n) is 4.45. The first kappa shape index (κ1) is 36.8. The van der Waals surface area contributed by atoms with Gasteiger partial charge in [-0.05, 0) is 146 Å². The molecular weight excluding hydrogens is 472 g/mol. The number of hydrogen-bond donors (Lipinski definition) is 0. The summed E-state index contributed by atoms with van der Waals surface area (Å²) in [6.45, 7) is 19.6. The maximum absolute atomic E-state index is 11.0. The molecule has 39 heavy (non-hydrogen) atoms. The van der Waals surface area contributed by atoms with E-state index in [9.17, 15) is 4.79 Å². The first-order chi connectivity index (χ1) is 18.5. The van der Waals surface area contributed by atoms with Gasteiger partial charge in [0.05, 0.1) is 0 Å². The lowest BCUT2D eigenvalue weighted by Gasteiger charge is -2.04. The van der Waals surface area contributed by atoms with Crippen LogP contribution in [0.1, 0.15) is 152 Å². The number of carbonyl (C=O) groups excluding carboxylic acids is 1. The minimum absolute atomic E-state index is 0.276. The van der Waals surface area contributed by atoms with Crippen molar-refractivity contribution in [3.05, 3.63) is 81.5 Å². The van der Waals surface area contributed by atoms with Crippen molar-refractivity contribution in [2.45, 2.75) is 152 Å². The molecule has 0 spiro atoms. The van der Waals surface area contributed by atoms with Gasteiger partial charge in [-0.25, -0.2) is 0 Å². The zero-order valence-corrected chi connectivity index (χ0v) is 27.3. The van der Waals surface area contributed by atoms with Crippen LogP contribution in [0.3, 0.4) is 0 Å². The third-order valence-electron chi connectivity index (χ3n) is 7.24. The van der Waals surface area contributed by atoms with Crippen LogP contribution in [0.4, 0.5) is 0 Å². The van der Waals surface area contributed by atoms with E-state index in [2.05, 4.69) is 97.9 Å². The summed E-state index contributed by atoms with van der Waals surface area (Å²) in [5.41, 5.74) is 10.4. The van der Waals surface area contributed by atoms with Gasteiger partial charge >= 0.3 is 0 Å². The molecule has 0 unspecified atom stereocenters. The topological polar surface area (TPSA) is 17.1 Å². The molecule has 1 nitrogen and oxygen atoms in total. The monoisotopic (exact) mass is 534 g/mol. The van der Waals surface area contributed by atoms with Crippen LogP contribution in [0.15, 0.2) is 81.5 Å². The molecule has 1 heteroatoms. The molecule has 0 aliphatic rings. The quantitative estimate of drug-likeness (QED) is 0.134. The minimum Gasteiger partial charge on any atom is -0.300 e. The highest BCUT2D eigenvalue weighted by molar-refractivity contribution is 5.75. The van der Waals surface area contributed by atoms with Crippen molar-refractivity contribution in [1.29, 1.82) is 0 Å². The Morgan fingerprint density at radius 1 is 0.333 bits per heavy atom. The van der Waals surface area contributed by atoms with Crippen LogP contribution >= 0.6 is 0 Å². The number of ketones is 1. The fourth-order valence-corrected chi connectivity index (χ4v) is 4.45. The van der Waals surface area contributed by atoms with Crippen molar-refractivity contribution >= 4 is 5.78 Å². The summed E-state index contributed by atoms with van der Waals surface area (Å²) in [5, 5.41) is 0. The Kier molecular flexibility index (Phi) is 22.4. The van der Waals surface area contributed by atoms with E-state index >= 15 is 0 Å². The second kappa shape index (κ2) is 23.7. The number of rotatable bonds is 21. The Morgan fingerprint density at radius 3 is 0.744 bits per heavy atom. The lowest BCUT2D eigenvalue weighted by molar-refractivity contribution is -0.116. The van der Waals surface area contributed by atoms with Crippen LogP contribution in [0, 0.1) is 0 Å². The highest BCUT2D eigenvalue weighted by Gasteiger charge is 1.97. The van der Waals surface area contributed by atoms with Gasteiger partial charge in [0.2, 0.25) is 0 Å². The second-order valence-corrected chi connectivity index (χ2v) is 12.1. The van der Waals surface area contributed by atoms with Crippen LogP contribution in [-0.2, 0) is 4.79 Å². The predicted octanol–water partition coefficient (Wildman–Crippen LogP) is 12.7. The summed E-state index contributed by atoms with van der Waals surface area (Å²) < 4.78 is 0. The molecule has 0 saturated heterocycles. The Hall–Kier alpha value is -2.15. The van der Waals surface area contributed by atoms with Gasteiger partial charge in [-0.3, -0.25) is 0 Å². The third-order valence-corrected chi connectivity index (χ3v) is 7.24. The van der Waals surface area contributed by atoms with Gasteiger partial charge in [-0.15, -0.1) is 0 Å². The van der Waals surface area contributed by atoms with E-state index in [4.69, 9.17) is 0 Å². The van der Waals surface area contributed by atoms with E-state index in [1.54, 1.807) is 6.92 Å². The molecular formula is C38H62O. The van der Waals surface area contributed by atoms with E-state index in [0.717, 1.165) is 44.9 Å². The maximum atomic E-state index is 11.0. The van der Waals surface area contributed by atoms with Gasteiger partial charge < -0.3 is 4.79 Å². The highest BCUT2D eigenvalue weighted by atomic mass is 16.1. The summed E-state index contributed by atoms with van der Waals surface area (Å²) in [6.07, 6.45) is 32.1. The molecule has 0 heterocycles. The number of allylic oxidation sites excluding steroid dienone is 14. The third kappa shape index (κ3) is 25.9. The zero-order chi connectivity index (χ0) is 29.5. The first-order valence-electron chi connectivity index (χ1n) is 15.6. The van der Waals surface area contributed by atoms with E-state index in [1.165, 1.54) is 77.5 Å². The molecule has 0 rings (SSSR count). The van der Waals surface area contributed by atoms with Crippen LogP contribution in [0.2, 0.25) is 0 Å². The summed E-state index contributed by atoms with van der Waals surface area (Å²) in [5.74, 6) is 0.276. The van der Waals surface area contributed by atoms with Crippen molar-refractivity contribution in [3.63, 3.8) is 0 Å². The molecule has 0 amide bonds. The Bertz CT molecular complexity index is 906. The van der Waals surface area contributed by atoms with Gasteiger partial charge in [-0.2, -0.15) is 0 Å². The largest absolute Gasteiger partial charge is 0.300 e. The van der Waals surface area contributed by atoms with Gasteiger partial charge in [-0.1, -0.05) is 81.5 Å². The SMILES string of the molecule is CC(=O)CCC=C(C)CCC=C(C)CCC=C(C)CCC=C(C)CCC=C(C)CCC=C(C)CCC=C(C)C. The molecule has 0 aliphatic carbocycles. The standard InChI is InChI=1S/C38H62O/c1-31(2)17-10-18-32(3)19-11-20-33(4)21-12-22-34(5)23-13-24-35(6)25-14-26-36(7)27-15-28-37(8)29-16-30-38(9)39/h17,19,21,23,25,27,29H,10-16,18,20,22,24,26,28,30H2,1-9H3. The van der Waals surface area contributed by atoms with E-state index in [0.29, 0.717) is 6.42 Å². The lowest BCUT2D eigenvalue weighted by Crippen LogP contribution is -1.87. The summed E-state index contributed by atoms with van der Waals surface area (Å²) >= 11 is 0. The minimum atomic E-state index is 0.276. The molecule has 0 radical (unpaired) electrons. The van der Waals surface area contributed by atoms with Crippen LogP contribution in [0.25, 0.3) is 0 Å². The van der Waals surface area contributed by atoms with Crippen LogP contribution in [-0.4, -0.2) is 5.78 Å². The van der Waals surface area contributed by atoms with Gasteiger partial charge in [0.15, 0.2) is 0 Å². The molecule has 0 saturated carbocycles. The van der Waals surface area contributed by atoms with Gasteiger partial charge in [0, 0.05) is 6.42 Å². The molecule has 0 aromatic rings. The second-order valence-electron chi connectivity index (χ2n) is 12.1. The molecule has 220 valence electrons. The molecule has 0 aromatic carbocycles. The highest BCUT2D eigenvalue weighted by Crippen LogP contribution is 2.16. The fraction of sp³-hybridized carbons (Fsp3) is 0.605. The van der Waals surface area contributed by atoms with E-state index < -0.39 is 0 Å². The van der Waals surface area contributed by atoms with Crippen molar-refractivity contribution < 1.29 is 4.79 Å². The first-order valence-corrected chi connectivity index (χ1v) is 15.6. The summed E-state index contributed by atoms with van der Waals surface area (Å²) in [6, 6.07) is 0. The lowest BCUT2D eigenvalue weighted by atomic mass is 10.0. The van der Waals surface area contributed by atoms with Gasteiger partial charge in [0.1, 0.15) is 5.78 Å². The predicted molar refractivity (Wildman–Crippen MR) is 177 cm³/mol. The Balaban J connectivity index is 4.16. The summed E-state index contributed by atoms with van der Waals surface area (Å²) in [7, 11) is 0. The van der Waals surface area contributed by atoms with Gasteiger partial charge in [0.25, 0.3) is 0 Å². The maximum Gasteiger partial charge on any atom is 0.130 e. The van der Waals surface area contributed by atoms with Crippen molar-refractivity contribution in [1.82, 2.24) is 0 Å². The van der Waals surface area contributed by atoms with Crippen LogP contribution < -0.4 is 0 Å². The van der Waals surface area contributed by atoms with E-state index in [-0.39, 0.29) is 5.78 Å². The molecule has 0 bridgehead atoms. The average molecular weight is 535 g/mol. The molecule has 0 aliphatic heterocycles. The smallest absolute Gasteiger partial charge is 0.130 e. The number of hydrogen-bond acceptors (Lipinski definition) is 1. The average Bonchev–Trinajstić information content (AvgIpc) is 2.83. The summed E-state index contributed by atoms with van der Waals surface area (Å²) in [4.78, 5) is 11.0. The molecule has 0 N–H and O–H groups in total. The molecule has 0 atom stereocenters.